The van der Waals surface area contributed by atoms with E-state index in [0.717, 1.165) is 31.8 Å². The first kappa shape index (κ1) is 10.1. The third-order valence-electron chi connectivity index (χ3n) is 3.74. The average molecular weight is 218 g/mol. The molecule has 3 heteroatoms. The summed E-state index contributed by atoms with van der Waals surface area (Å²) in [7, 11) is 0. The summed E-state index contributed by atoms with van der Waals surface area (Å²) in [6, 6.07) is 8.82. The lowest BCUT2D eigenvalue weighted by atomic mass is 10.1. The van der Waals surface area contributed by atoms with Crippen LogP contribution in [0.3, 0.4) is 0 Å². The van der Waals surface area contributed by atoms with Crippen molar-refractivity contribution in [2.24, 2.45) is 0 Å². The summed E-state index contributed by atoms with van der Waals surface area (Å²) >= 11 is 0. The maximum atomic E-state index is 5.94. The number of anilines is 1. The topological polar surface area (TPSA) is 38.5 Å². The third kappa shape index (κ3) is 1.81. The molecule has 0 saturated carbocycles. The minimum atomic E-state index is 0.498. The van der Waals surface area contributed by atoms with Gasteiger partial charge in [0.15, 0.2) is 0 Å². The number of morpholine rings is 1. The van der Waals surface area contributed by atoms with Crippen LogP contribution in [-0.4, -0.2) is 36.7 Å². The van der Waals surface area contributed by atoms with E-state index in [9.17, 15) is 0 Å². The highest BCUT2D eigenvalue weighted by molar-refractivity contribution is 5.46. The van der Waals surface area contributed by atoms with Crippen molar-refractivity contribution in [3.63, 3.8) is 0 Å². The minimum absolute atomic E-state index is 0.498. The van der Waals surface area contributed by atoms with Crippen LogP contribution in [0.4, 0.5) is 5.69 Å². The van der Waals surface area contributed by atoms with E-state index < -0.39 is 0 Å². The summed E-state index contributed by atoms with van der Waals surface area (Å²) < 4.78 is 5.59. The molecule has 3 nitrogen and oxygen atoms in total. The Balaban J connectivity index is 1.59. The van der Waals surface area contributed by atoms with Crippen molar-refractivity contribution < 1.29 is 4.74 Å². The molecule has 0 amide bonds. The Morgan fingerprint density at radius 2 is 2.25 bits per heavy atom. The van der Waals surface area contributed by atoms with Gasteiger partial charge in [-0.05, 0) is 24.5 Å². The van der Waals surface area contributed by atoms with Gasteiger partial charge in [0.1, 0.15) is 0 Å². The van der Waals surface area contributed by atoms with E-state index >= 15 is 0 Å². The van der Waals surface area contributed by atoms with E-state index in [-0.39, 0.29) is 0 Å². The average Bonchev–Trinajstić information content (AvgIpc) is 2.90. The van der Waals surface area contributed by atoms with Crippen LogP contribution in [0, 0.1) is 0 Å². The molecule has 2 unspecified atom stereocenters. The minimum Gasteiger partial charge on any atom is -0.399 e. The standard InChI is InChI=1S/C13H18N2O/c14-13-4-2-1-3-10(13)5-6-15-8-12-7-11(15)9-16-12/h1-4,11-12H,5-9,14H2. The van der Waals surface area contributed by atoms with Crippen molar-refractivity contribution in [1.82, 2.24) is 4.90 Å². The van der Waals surface area contributed by atoms with Crippen LogP contribution < -0.4 is 5.73 Å². The van der Waals surface area contributed by atoms with Gasteiger partial charge in [0.2, 0.25) is 0 Å². The summed E-state index contributed by atoms with van der Waals surface area (Å²) in [4.78, 5) is 2.54. The quantitative estimate of drug-likeness (QED) is 0.777. The van der Waals surface area contributed by atoms with Crippen molar-refractivity contribution in [3.05, 3.63) is 29.8 Å². The number of likely N-dealkylation sites (tertiary alicyclic amines) is 1. The van der Waals surface area contributed by atoms with E-state index in [2.05, 4.69) is 17.0 Å². The van der Waals surface area contributed by atoms with Crippen LogP contribution in [0.1, 0.15) is 12.0 Å². The van der Waals surface area contributed by atoms with Gasteiger partial charge in [0.05, 0.1) is 12.7 Å². The molecule has 2 atom stereocenters. The van der Waals surface area contributed by atoms with Gasteiger partial charge in [-0.1, -0.05) is 18.2 Å². The van der Waals surface area contributed by atoms with Crippen LogP contribution in [0.25, 0.3) is 0 Å². The Morgan fingerprint density at radius 3 is 2.94 bits per heavy atom. The molecule has 2 N–H and O–H groups in total. The third-order valence-corrected chi connectivity index (χ3v) is 3.74. The molecule has 86 valence electrons. The summed E-state index contributed by atoms with van der Waals surface area (Å²) in [5.41, 5.74) is 8.13. The lowest BCUT2D eigenvalue weighted by Gasteiger charge is -2.26. The number of nitrogen functional groups attached to an aromatic ring is 1. The number of nitrogens with zero attached hydrogens (tertiary/aromatic N) is 1. The Bertz CT molecular complexity index is 380. The number of hydrogen-bond acceptors (Lipinski definition) is 3. The van der Waals surface area contributed by atoms with E-state index in [1.807, 2.05) is 12.1 Å². The zero-order valence-corrected chi connectivity index (χ0v) is 9.43. The van der Waals surface area contributed by atoms with Gasteiger partial charge in [-0.25, -0.2) is 0 Å². The predicted molar refractivity (Wildman–Crippen MR) is 64.3 cm³/mol. The van der Waals surface area contributed by atoms with Crippen LogP contribution in [0.15, 0.2) is 24.3 Å². The molecule has 2 fully saturated rings. The summed E-state index contributed by atoms with van der Waals surface area (Å²) in [6.07, 6.45) is 2.78. The van der Waals surface area contributed by atoms with Crippen molar-refractivity contribution in [3.8, 4) is 0 Å². The highest BCUT2D eigenvalue weighted by Crippen LogP contribution is 2.27. The fourth-order valence-corrected chi connectivity index (χ4v) is 2.78. The Labute approximate surface area is 96.2 Å². The number of rotatable bonds is 3. The van der Waals surface area contributed by atoms with Gasteiger partial charge in [-0.2, -0.15) is 0 Å². The Kier molecular flexibility index (Phi) is 2.58. The van der Waals surface area contributed by atoms with Crippen molar-refractivity contribution >= 4 is 5.69 Å². The second-order valence-electron chi connectivity index (χ2n) is 4.79. The van der Waals surface area contributed by atoms with E-state index in [4.69, 9.17) is 10.5 Å². The van der Waals surface area contributed by atoms with Crippen LogP contribution >= 0.6 is 0 Å². The normalized spacial score (nSPS) is 28.8. The lowest BCUT2D eigenvalue weighted by molar-refractivity contribution is 0.0312. The Hall–Kier alpha value is -1.06. The molecule has 0 aliphatic carbocycles. The van der Waals surface area contributed by atoms with Gasteiger partial charge in [-0.15, -0.1) is 0 Å². The molecule has 2 heterocycles. The molecule has 2 aliphatic heterocycles. The van der Waals surface area contributed by atoms with Crippen LogP contribution in [-0.2, 0) is 11.2 Å². The van der Waals surface area contributed by atoms with E-state index in [1.54, 1.807) is 0 Å². The molecule has 2 saturated heterocycles. The van der Waals surface area contributed by atoms with Crippen LogP contribution in [0.2, 0.25) is 0 Å². The Morgan fingerprint density at radius 1 is 1.38 bits per heavy atom. The molecular weight excluding hydrogens is 200 g/mol. The molecule has 1 aromatic carbocycles. The zero-order valence-electron chi connectivity index (χ0n) is 9.43. The smallest absolute Gasteiger partial charge is 0.0718 e. The molecular formula is C13H18N2O. The van der Waals surface area contributed by atoms with E-state index in [1.165, 1.54) is 12.0 Å². The first-order valence-electron chi connectivity index (χ1n) is 6.02. The van der Waals surface area contributed by atoms with E-state index in [0.29, 0.717) is 12.1 Å². The second kappa shape index (κ2) is 4.07. The number of fused-ring (bicyclic) bond motifs is 2. The summed E-state index contributed by atoms with van der Waals surface area (Å²) in [6.45, 7) is 3.14. The van der Waals surface area contributed by atoms with Gasteiger partial charge < -0.3 is 10.5 Å². The fraction of sp³-hybridized carbons (Fsp3) is 0.538. The molecule has 3 rings (SSSR count). The number of benzene rings is 1. The number of nitrogens with two attached hydrogens (primary N) is 1. The second-order valence-corrected chi connectivity index (χ2v) is 4.79. The molecule has 2 aliphatic rings. The molecule has 16 heavy (non-hydrogen) atoms. The van der Waals surface area contributed by atoms with Crippen molar-refractivity contribution in [2.75, 3.05) is 25.4 Å². The SMILES string of the molecule is Nc1ccccc1CCN1CC2CC1CO2. The largest absolute Gasteiger partial charge is 0.399 e. The molecule has 2 bridgehead atoms. The molecule has 0 aromatic heterocycles. The highest BCUT2D eigenvalue weighted by Gasteiger charge is 2.38. The fourth-order valence-electron chi connectivity index (χ4n) is 2.78. The monoisotopic (exact) mass is 218 g/mol. The van der Waals surface area contributed by atoms with Crippen molar-refractivity contribution in [1.29, 1.82) is 0 Å². The summed E-state index contributed by atoms with van der Waals surface area (Å²) in [5, 5.41) is 0. The highest BCUT2D eigenvalue weighted by atomic mass is 16.5. The molecule has 1 aromatic rings. The maximum Gasteiger partial charge on any atom is 0.0718 e. The maximum absolute atomic E-state index is 5.94. The molecule has 0 radical (unpaired) electrons. The number of para-hydroxylation sites is 1. The number of ether oxygens (including phenoxy) is 1. The molecule has 0 spiro atoms. The number of hydrogen-bond donors (Lipinski definition) is 1. The van der Waals surface area contributed by atoms with Gasteiger partial charge >= 0.3 is 0 Å². The first-order chi connectivity index (χ1) is 7.83. The van der Waals surface area contributed by atoms with Crippen LogP contribution in [0.5, 0.6) is 0 Å². The predicted octanol–water partition coefficient (Wildman–Crippen LogP) is 1.28. The first-order valence-corrected chi connectivity index (χ1v) is 6.02. The van der Waals surface area contributed by atoms with Gasteiger partial charge in [0, 0.05) is 24.8 Å². The lowest BCUT2D eigenvalue weighted by Crippen LogP contribution is -2.38. The van der Waals surface area contributed by atoms with Crippen molar-refractivity contribution in [2.45, 2.75) is 25.0 Å². The zero-order chi connectivity index (χ0) is 11.0. The summed E-state index contributed by atoms with van der Waals surface area (Å²) in [5.74, 6) is 0. The van der Waals surface area contributed by atoms with Gasteiger partial charge in [0.25, 0.3) is 0 Å². The van der Waals surface area contributed by atoms with Gasteiger partial charge in [-0.3, -0.25) is 4.90 Å².